The summed E-state index contributed by atoms with van der Waals surface area (Å²) in [6.45, 7) is 1.79. The second-order valence-electron chi connectivity index (χ2n) is 3.93. The molecule has 0 saturated heterocycles. The van der Waals surface area contributed by atoms with Gasteiger partial charge in [0.05, 0.1) is 5.56 Å². The molecule has 0 aromatic heterocycles. The number of amides is 1. The number of benzene rings is 1. The Kier molecular flexibility index (Phi) is 6.07. The molecule has 18 heavy (non-hydrogen) atoms. The standard InChI is InChI=1S/C12H13BrINO3/c1-7(2-5-11(16)17)15-12(18)9-6-8(14)3-4-10(9)13/h3-4,6-7H,2,5H2,1H3,(H,15,18)(H,16,17). The molecule has 1 amide bonds. The van der Waals surface area contributed by atoms with Crippen LogP contribution in [0.2, 0.25) is 0 Å². The van der Waals surface area contributed by atoms with E-state index in [1.165, 1.54) is 0 Å². The van der Waals surface area contributed by atoms with Crippen molar-refractivity contribution >= 4 is 50.4 Å². The minimum absolute atomic E-state index is 0.0505. The molecule has 98 valence electrons. The number of aliphatic carboxylic acids is 1. The lowest BCUT2D eigenvalue weighted by molar-refractivity contribution is -0.137. The zero-order valence-corrected chi connectivity index (χ0v) is 13.5. The summed E-state index contributed by atoms with van der Waals surface area (Å²) in [5, 5.41) is 11.4. The highest BCUT2D eigenvalue weighted by Gasteiger charge is 2.13. The Hall–Kier alpha value is -0.630. The van der Waals surface area contributed by atoms with Gasteiger partial charge in [-0.3, -0.25) is 9.59 Å². The molecule has 4 nitrogen and oxygen atoms in total. The van der Waals surface area contributed by atoms with Crippen molar-refractivity contribution in [3.8, 4) is 0 Å². The molecule has 6 heteroatoms. The van der Waals surface area contributed by atoms with Crippen LogP contribution < -0.4 is 5.32 Å². The first kappa shape index (κ1) is 15.4. The SMILES string of the molecule is CC(CCC(=O)O)NC(=O)c1cc(I)ccc1Br. The fraction of sp³-hybridized carbons (Fsp3) is 0.333. The van der Waals surface area contributed by atoms with Gasteiger partial charge in [0.1, 0.15) is 0 Å². The minimum atomic E-state index is -0.855. The Balaban J connectivity index is 2.64. The number of carboxylic acid groups (broad SMARTS) is 1. The Morgan fingerprint density at radius 1 is 1.50 bits per heavy atom. The molecule has 0 bridgehead atoms. The van der Waals surface area contributed by atoms with Gasteiger partial charge in [0.2, 0.25) is 0 Å². The molecule has 0 radical (unpaired) electrons. The van der Waals surface area contributed by atoms with Crippen LogP contribution in [0, 0.1) is 3.57 Å². The van der Waals surface area contributed by atoms with Gasteiger partial charge in [-0.2, -0.15) is 0 Å². The first-order chi connectivity index (χ1) is 8.40. The number of halogens is 2. The number of rotatable bonds is 5. The lowest BCUT2D eigenvalue weighted by Crippen LogP contribution is -2.33. The van der Waals surface area contributed by atoms with Crippen LogP contribution >= 0.6 is 38.5 Å². The number of hydrogen-bond acceptors (Lipinski definition) is 2. The summed E-state index contributed by atoms with van der Waals surface area (Å²) in [5.41, 5.74) is 0.559. The molecule has 0 aliphatic carbocycles. The van der Waals surface area contributed by atoms with Crippen molar-refractivity contribution in [3.63, 3.8) is 0 Å². The van der Waals surface area contributed by atoms with Gasteiger partial charge < -0.3 is 10.4 Å². The Morgan fingerprint density at radius 2 is 2.17 bits per heavy atom. The van der Waals surface area contributed by atoms with Crippen molar-refractivity contribution < 1.29 is 14.7 Å². The predicted molar refractivity (Wildman–Crippen MR) is 80.7 cm³/mol. The van der Waals surface area contributed by atoms with E-state index in [2.05, 4.69) is 43.8 Å². The van der Waals surface area contributed by atoms with Gasteiger partial charge >= 0.3 is 5.97 Å². The second-order valence-corrected chi connectivity index (χ2v) is 6.03. The van der Waals surface area contributed by atoms with Crippen molar-refractivity contribution in [2.45, 2.75) is 25.8 Å². The predicted octanol–water partition coefficient (Wildman–Crippen LogP) is 3.04. The van der Waals surface area contributed by atoms with Crippen LogP contribution in [0.5, 0.6) is 0 Å². The maximum Gasteiger partial charge on any atom is 0.303 e. The van der Waals surface area contributed by atoms with Gasteiger partial charge in [0.15, 0.2) is 0 Å². The molecule has 0 fully saturated rings. The Morgan fingerprint density at radius 3 is 2.78 bits per heavy atom. The van der Waals surface area contributed by atoms with Gasteiger partial charge in [-0.15, -0.1) is 0 Å². The number of carbonyl (C=O) groups excluding carboxylic acids is 1. The molecule has 0 saturated carbocycles. The van der Waals surface area contributed by atoms with Crippen molar-refractivity contribution in [2.75, 3.05) is 0 Å². The fourth-order valence-electron chi connectivity index (χ4n) is 1.39. The molecule has 2 N–H and O–H groups in total. The van der Waals surface area contributed by atoms with E-state index >= 15 is 0 Å². The molecule has 0 aliphatic heterocycles. The third-order valence-electron chi connectivity index (χ3n) is 2.34. The molecular weight excluding hydrogens is 413 g/mol. The lowest BCUT2D eigenvalue weighted by Gasteiger charge is -2.13. The van der Waals surface area contributed by atoms with Crippen molar-refractivity contribution in [1.29, 1.82) is 0 Å². The van der Waals surface area contributed by atoms with Gasteiger partial charge in [-0.1, -0.05) is 0 Å². The monoisotopic (exact) mass is 425 g/mol. The van der Waals surface area contributed by atoms with E-state index in [9.17, 15) is 9.59 Å². The van der Waals surface area contributed by atoms with E-state index in [1.807, 2.05) is 12.1 Å². The topological polar surface area (TPSA) is 66.4 Å². The minimum Gasteiger partial charge on any atom is -0.481 e. The molecular formula is C12H13BrINO3. The van der Waals surface area contributed by atoms with Crippen LogP contribution in [0.4, 0.5) is 0 Å². The van der Waals surface area contributed by atoms with E-state index < -0.39 is 5.97 Å². The summed E-state index contributed by atoms with van der Waals surface area (Å²) in [7, 11) is 0. The fourth-order valence-corrected chi connectivity index (χ4v) is 2.30. The first-order valence-corrected chi connectivity index (χ1v) is 7.25. The number of carboxylic acids is 1. The summed E-state index contributed by atoms with van der Waals surface area (Å²) in [5.74, 6) is -1.05. The molecule has 0 heterocycles. The summed E-state index contributed by atoms with van der Waals surface area (Å²) in [6, 6.07) is 5.33. The van der Waals surface area contributed by atoms with E-state index in [0.29, 0.717) is 12.0 Å². The molecule has 1 unspecified atom stereocenters. The summed E-state index contributed by atoms with van der Waals surface area (Å²) in [4.78, 5) is 22.4. The molecule has 0 spiro atoms. The quantitative estimate of drug-likeness (QED) is 0.712. The third kappa shape index (κ3) is 4.93. The van der Waals surface area contributed by atoms with Gasteiger partial charge in [0.25, 0.3) is 5.91 Å². The first-order valence-electron chi connectivity index (χ1n) is 5.38. The smallest absolute Gasteiger partial charge is 0.303 e. The van der Waals surface area contributed by atoms with Crippen LogP contribution in [0.1, 0.15) is 30.1 Å². The largest absolute Gasteiger partial charge is 0.481 e. The lowest BCUT2D eigenvalue weighted by atomic mass is 10.1. The molecule has 1 atom stereocenters. The highest BCUT2D eigenvalue weighted by molar-refractivity contribution is 14.1. The summed E-state index contributed by atoms with van der Waals surface area (Å²) >= 11 is 5.46. The number of carbonyl (C=O) groups is 2. The van der Waals surface area contributed by atoms with E-state index in [4.69, 9.17) is 5.11 Å². The van der Waals surface area contributed by atoms with Crippen molar-refractivity contribution in [2.24, 2.45) is 0 Å². The van der Waals surface area contributed by atoms with E-state index in [-0.39, 0.29) is 18.4 Å². The zero-order valence-electron chi connectivity index (χ0n) is 9.74. The van der Waals surface area contributed by atoms with Gasteiger partial charge in [-0.05, 0) is 70.1 Å². The third-order valence-corrected chi connectivity index (χ3v) is 3.70. The Bertz CT molecular complexity index is 465. The maximum atomic E-state index is 12.0. The van der Waals surface area contributed by atoms with Crippen LogP contribution in [-0.4, -0.2) is 23.0 Å². The van der Waals surface area contributed by atoms with Gasteiger partial charge in [0, 0.05) is 20.5 Å². The van der Waals surface area contributed by atoms with E-state index in [0.717, 1.165) is 8.04 Å². The summed E-state index contributed by atoms with van der Waals surface area (Å²) < 4.78 is 1.70. The van der Waals surface area contributed by atoms with Crippen molar-refractivity contribution in [1.82, 2.24) is 5.32 Å². The maximum absolute atomic E-state index is 12.0. The average Bonchev–Trinajstić information content (AvgIpc) is 2.29. The Labute approximate surface area is 127 Å². The molecule has 0 aliphatic rings. The normalized spacial score (nSPS) is 11.9. The van der Waals surface area contributed by atoms with Crippen LogP contribution in [-0.2, 0) is 4.79 Å². The molecule has 1 rings (SSSR count). The number of hydrogen-bond donors (Lipinski definition) is 2. The van der Waals surface area contributed by atoms with Gasteiger partial charge in [-0.25, -0.2) is 0 Å². The zero-order chi connectivity index (χ0) is 13.7. The molecule has 1 aromatic rings. The second kappa shape index (κ2) is 7.08. The highest BCUT2D eigenvalue weighted by Crippen LogP contribution is 2.19. The highest BCUT2D eigenvalue weighted by atomic mass is 127. The molecule has 1 aromatic carbocycles. The van der Waals surface area contributed by atoms with Crippen molar-refractivity contribution in [3.05, 3.63) is 31.8 Å². The van der Waals surface area contributed by atoms with Crippen LogP contribution in [0.25, 0.3) is 0 Å². The van der Waals surface area contributed by atoms with E-state index in [1.54, 1.807) is 13.0 Å². The van der Waals surface area contributed by atoms with Crippen LogP contribution in [0.15, 0.2) is 22.7 Å². The summed E-state index contributed by atoms with van der Waals surface area (Å²) in [6.07, 6.45) is 0.470. The number of nitrogens with one attached hydrogen (secondary N) is 1. The van der Waals surface area contributed by atoms with Crippen LogP contribution in [0.3, 0.4) is 0 Å². The average molecular weight is 426 g/mol.